The first-order valence-electron chi connectivity index (χ1n) is 7.00. The van der Waals surface area contributed by atoms with Crippen LogP contribution in [0.15, 0.2) is 0 Å². The smallest absolute Gasteiger partial charge is 0.279 e. The number of likely N-dealkylation sites (N-methyl/N-ethyl adjacent to an activating group) is 1. The van der Waals surface area contributed by atoms with E-state index in [1.54, 1.807) is 4.31 Å². The monoisotopic (exact) mass is 277 g/mol. The van der Waals surface area contributed by atoms with Crippen molar-refractivity contribution in [2.75, 3.05) is 19.6 Å². The standard InChI is InChI=1S/C12H27N3O2S/c1-3-10-14-18(16,17)15(4-2)12(11-13)8-6-5-7-9-12/h14H,3-11,13H2,1-2H3. The average Bonchev–Trinajstić information content (AvgIpc) is 2.38. The summed E-state index contributed by atoms with van der Waals surface area (Å²) in [5.74, 6) is 0. The summed E-state index contributed by atoms with van der Waals surface area (Å²) in [6, 6.07) is 0. The van der Waals surface area contributed by atoms with Crippen molar-refractivity contribution in [1.29, 1.82) is 0 Å². The van der Waals surface area contributed by atoms with E-state index >= 15 is 0 Å². The van der Waals surface area contributed by atoms with Gasteiger partial charge in [-0.1, -0.05) is 33.1 Å². The van der Waals surface area contributed by atoms with Crippen molar-refractivity contribution in [3.05, 3.63) is 0 Å². The Hall–Kier alpha value is -0.170. The molecular formula is C12H27N3O2S. The molecule has 1 aliphatic rings. The van der Waals surface area contributed by atoms with Crippen LogP contribution in [0.4, 0.5) is 0 Å². The number of nitrogens with zero attached hydrogens (tertiary/aromatic N) is 1. The summed E-state index contributed by atoms with van der Waals surface area (Å²) in [7, 11) is -3.40. The third-order valence-corrected chi connectivity index (χ3v) is 5.60. The molecule has 1 rings (SSSR count). The fourth-order valence-corrected chi connectivity index (χ4v) is 4.56. The molecule has 0 aromatic rings. The third kappa shape index (κ3) is 3.44. The number of hydrogen-bond donors (Lipinski definition) is 2. The molecule has 6 heteroatoms. The highest BCUT2D eigenvalue weighted by molar-refractivity contribution is 7.87. The Morgan fingerprint density at radius 3 is 2.28 bits per heavy atom. The van der Waals surface area contributed by atoms with Crippen molar-refractivity contribution < 1.29 is 8.42 Å². The van der Waals surface area contributed by atoms with Gasteiger partial charge in [0, 0.05) is 25.2 Å². The Balaban J connectivity index is 2.91. The van der Waals surface area contributed by atoms with Gasteiger partial charge in [-0.25, -0.2) is 4.72 Å². The van der Waals surface area contributed by atoms with E-state index in [0.717, 1.165) is 32.1 Å². The van der Waals surface area contributed by atoms with Crippen LogP contribution in [-0.2, 0) is 10.2 Å². The Morgan fingerprint density at radius 2 is 1.83 bits per heavy atom. The molecule has 1 aliphatic carbocycles. The molecule has 0 aromatic heterocycles. The first-order valence-corrected chi connectivity index (χ1v) is 8.44. The number of nitrogens with one attached hydrogen (secondary N) is 1. The summed E-state index contributed by atoms with van der Waals surface area (Å²) in [5, 5.41) is 0. The molecule has 0 unspecified atom stereocenters. The lowest BCUT2D eigenvalue weighted by atomic mass is 9.81. The van der Waals surface area contributed by atoms with Crippen molar-refractivity contribution in [3.8, 4) is 0 Å². The Labute approximate surface area is 111 Å². The van der Waals surface area contributed by atoms with Crippen LogP contribution in [0.5, 0.6) is 0 Å². The summed E-state index contributed by atoms with van der Waals surface area (Å²) in [4.78, 5) is 0. The highest BCUT2D eigenvalue weighted by Gasteiger charge is 2.42. The van der Waals surface area contributed by atoms with Gasteiger partial charge >= 0.3 is 0 Å². The van der Waals surface area contributed by atoms with E-state index in [0.29, 0.717) is 19.6 Å². The lowest BCUT2D eigenvalue weighted by Gasteiger charge is -2.44. The van der Waals surface area contributed by atoms with Gasteiger partial charge in [0.15, 0.2) is 0 Å². The van der Waals surface area contributed by atoms with Gasteiger partial charge in [-0.2, -0.15) is 12.7 Å². The minimum atomic E-state index is -3.40. The average molecular weight is 277 g/mol. The molecule has 0 aromatic carbocycles. The van der Waals surface area contributed by atoms with E-state index in [1.165, 1.54) is 6.42 Å². The highest BCUT2D eigenvalue weighted by atomic mass is 32.2. The van der Waals surface area contributed by atoms with Gasteiger partial charge in [0.05, 0.1) is 0 Å². The van der Waals surface area contributed by atoms with Crippen LogP contribution >= 0.6 is 0 Å². The van der Waals surface area contributed by atoms with Gasteiger partial charge < -0.3 is 5.73 Å². The van der Waals surface area contributed by atoms with Gasteiger partial charge in [0.1, 0.15) is 0 Å². The summed E-state index contributed by atoms with van der Waals surface area (Å²) >= 11 is 0. The second-order valence-electron chi connectivity index (χ2n) is 5.05. The number of rotatable bonds is 7. The van der Waals surface area contributed by atoms with Crippen LogP contribution < -0.4 is 10.5 Å². The molecule has 108 valence electrons. The van der Waals surface area contributed by atoms with Crippen molar-refractivity contribution in [1.82, 2.24) is 9.03 Å². The predicted molar refractivity (Wildman–Crippen MR) is 74.5 cm³/mol. The molecule has 1 saturated carbocycles. The molecule has 0 bridgehead atoms. The summed E-state index contributed by atoms with van der Waals surface area (Å²) in [5.41, 5.74) is 5.54. The van der Waals surface area contributed by atoms with E-state index in [1.807, 2.05) is 13.8 Å². The van der Waals surface area contributed by atoms with Crippen molar-refractivity contribution in [3.63, 3.8) is 0 Å². The SMILES string of the molecule is CCCNS(=O)(=O)N(CC)C1(CN)CCCCC1. The summed E-state index contributed by atoms with van der Waals surface area (Å²) in [6.07, 6.45) is 5.87. The summed E-state index contributed by atoms with van der Waals surface area (Å²) in [6.45, 7) is 5.22. The zero-order valence-corrected chi connectivity index (χ0v) is 12.4. The third-order valence-electron chi connectivity index (χ3n) is 3.81. The fraction of sp³-hybridized carbons (Fsp3) is 1.00. The lowest BCUT2D eigenvalue weighted by Crippen LogP contribution is -2.59. The maximum Gasteiger partial charge on any atom is 0.279 e. The molecule has 1 fully saturated rings. The van der Waals surface area contributed by atoms with E-state index in [2.05, 4.69) is 4.72 Å². The van der Waals surface area contributed by atoms with Crippen molar-refractivity contribution in [2.45, 2.75) is 57.9 Å². The van der Waals surface area contributed by atoms with Crippen molar-refractivity contribution >= 4 is 10.2 Å². The molecule has 18 heavy (non-hydrogen) atoms. The lowest BCUT2D eigenvalue weighted by molar-refractivity contribution is 0.139. The summed E-state index contributed by atoms with van der Waals surface area (Å²) < 4.78 is 28.9. The second-order valence-corrected chi connectivity index (χ2v) is 6.73. The van der Waals surface area contributed by atoms with Crippen LogP contribution in [-0.4, -0.2) is 37.9 Å². The van der Waals surface area contributed by atoms with E-state index < -0.39 is 10.2 Å². The van der Waals surface area contributed by atoms with Gasteiger partial charge in [-0.15, -0.1) is 0 Å². The van der Waals surface area contributed by atoms with Gasteiger partial charge in [-0.05, 0) is 19.3 Å². The Bertz CT molecular complexity index is 337. The zero-order chi connectivity index (χ0) is 13.6. The van der Waals surface area contributed by atoms with Crippen LogP contribution in [0.1, 0.15) is 52.4 Å². The fourth-order valence-electron chi connectivity index (χ4n) is 2.83. The normalized spacial score (nSPS) is 20.2. The van der Waals surface area contributed by atoms with Crippen molar-refractivity contribution in [2.24, 2.45) is 5.73 Å². The van der Waals surface area contributed by atoms with Crippen LogP contribution in [0.3, 0.4) is 0 Å². The number of nitrogens with two attached hydrogens (primary N) is 1. The largest absolute Gasteiger partial charge is 0.329 e. The van der Waals surface area contributed by atoms with Crippen LogP contribution in [0.2, 0.25) is 0 Å². The molecule has 0 radical (unpaired) electrons. The van der Waals surface area contributed by atoms with E-state index in [4.69, 9.17) is 5.73 Å². The van der Waals surface area contributed by atoms with E-state index in [9.17, 15) is 8.42 Å². The van der Waals surface area contributed by atoms with Crippen LogP contribution in [0.25, 0.3) is 0 Å². The molecule has 0 atom stereocenters. The zero-order valence-electron chi connectivity index (χ0n) is 11.6. The first-order chi connectivity index (χ1) is 8.52. The first kappa shape index (κ1) is 15.9. The molecule has 0 aliphatic heterocycles. The molecule has 0 saturated heterocycles. The van der Waals surface area contributed by atoms with Gasteiger partial charge in [0.25, 0.3) is 10.2 Å². The number of hydrogen-bond acceptors (Lipinski definition) is 3. The predicted octanol–water partition coefficient (Wildman–Crippen LogP) is 1.21. The van der Waals surface area contributed by atoms with Crippen LogP contribution in [0, 0.1) is 0 Å². The Morgan fingerprint density at radius 1 is 1.22 bits per heavy atom. The maximum atomic E-state index is 12.3. The Kier molecular flexibility index (Phi) is 6.04. The molecule has 5 nitrogen and oxygen atoms in total. The van der Waals surface area contributed by atoms with Gasteiger partial charge in [0.2, 0.25) is 0 Å². The molecule has 0 heterocycles. The molecule has 0 spiro atoms. The van der Waals surface area contributed by atoms with E-state index in [-0.39, 0.29) is 5.54 Å². The topological polar surface area (TPSA) is 75.4 Å². The molecule has 3 N–H and O–H groups in total. The van der Waals surface area contributed by atoms with Gasteiger partial charge in [-0.3, -0.25) is 0 Å². The maximum absolute atomic E-state index is 12.3. The molecule has 0 amide bonds. The highest BCUT2D eigenvalue weighted by Crippen LogP contribution is 2.34. The minimum absolute atomic E-state index is 0.368. The second kappa shape index (κ2) is 6.84. The quantitative estimate of drug-likeness (QED) is 0.734. The minimum Gasteiger partial charge on any atom is -0.329 e. The molecular weight excluding hydrogens is 250 g/mol.